The molecule has 4 aromatic rings. The third kappa shape index (κ3) is 7.62. The minimum Gasteiger partial charge on any atom is -0.468 e. The van der Waals surface area contributed by atoms with Gasteiger partial charge < -0.3 is 23.8 Å². The Morgan fingerprint density at radius 1 is 0.872 bits per heavy atom. The van der Waals surface area contributed by atoms with Gasteiger partial charge in [0.25, 0.3) is 0 Å². The van der Waals surface area contributed by atoms with Gasteiger partial charge in [-0.15, -0.1) is 0 Å². The maximum Gasteiger partial charge on any atom is 0.421 e. The van der Waals surface area contributed by atoms with Gasteiger partial charge in [-0.3, -0.25) is 9.78 Å². The van der Waals surface area contributed by atoms with Crippen LogP contribution in [0.25, 0.3) is 10.2 Å². The number of para-hydroxylation sites is 1. The summed E-state index contributed by atoms with van der Waals surface area (Å²) in [6, 6.07) is 14.5. The molecule has 13 heteroatoms. The zero-order chi connectivity index (χ0) is 34.0. The van der Waals surface area contributed by atoms with Crippen LogP contribution in [0.3, 0.4) is 0 Å². The fourth-order valence-corrected chi connectivity index (χ4v) is 6.17. The molecule has 2 aromatic carbocycles. The lowest BCUT2D eigenvalue weighted by Crippen LogP contribution is -2.51. The topological polar surface area (TPSA) is 133 Å². The molecular formula is C34H39N5O7S. The number of likely N-dealkylation sites (tertiary alicyclic amines) is 1. The summed E-state index contributed by atoms with van der Waals surface area (Å²) in [5, 5.41) is 0.461. The summed E-state index contributed by atoms with van der Waals surface area (Å²) in [5.41, 5.74) is -0.969. The number of ether oxygens (including phenoxy) is 4. The summed E-state index contributed by atoms with van der Waals surface area (Å²) in [6.07, 6.45) is 2.43. The molecule has 2 amide bonds. The van der Waals surface area contributed by atoms with Crippen molar-refractivity contribution in [2.75, 3.05) is 25.1 Å². The number of fused-ring (bicyclic) bond motifs is 1. The Labute approximate surface area is 277 Å². The van der Waals surface area contributed by atoms with Crippen LogP contribution in [0.5, 0.6) is 11.6 Å². The Bertz CT molecular complexity index is 1720. The van der Waals surface area contributed by atoms with Crippen LogP contribution in [0.1, 0.15) is 60.1 Å². The molecule has 1 fully saturated rings. The fourth-order valence-electron chi connectivity index (χ4n) is 5.19. The third-order valence-electron chi connectivity index (χ3n) is 7.32. The zero-order valence-corrected chi connectivity index (χ0v) is 28.4. The molecule has 0 N–H and O–H groups in total. The zero-order valence-electron chi connectivity index (χ0n) is 27.6. The molecule has 0 radical (unpaired) electrons. The van der Waals surface area contributed by atoms with E-state index < -0.39 is 34.8 Å². The summed E-state index contributed by atoms with van der Waals surface area (Å²) in [4.78, 5) is 56.1. The Morgan fingerprint density at radius 2 is 1.51 bits per heavy atom. The van der Waals surface area contributed by atoms with Gasteiger partial charge in [0.1, 0.15) is 28.1 Å². The number of thiazole rings is 1. The molecule has 2 aromatic heterocycles. The molecule has 0 atom stereocenters. The maximum atomic E-state index is 13.4. The first-order valence-corrected chi connectivity index (χ1v) is 16.1. The number of amides is 2. The maximum absolute atomic E-state index is 13.4. The molecule has 0 bridgehead atoms. The lowest BCUT2D eigenvalue weighted by atomic mass is 9.75. The van der Waals surface area contributed by atoms with Crippen LogP contribution in [-0.2, 0) is 24.4 Å². The van der Waals surface area contributed by atoms with E-state index in [-0.39, 0.29) is 31.8 Å². The van der Waals surface area contributed by atoms with E-state index in [1.54, 1.807) is 70.7 Å². The first kappa shape index (κ1) is 33.6. The minimum absolute atomic E-state index is 0.131. The molecule has 0 aliphatic carbocycles. The second-order valence-electron chi connectivity index (χ2n) is 13.1. The molecule has 0 spiro atoms. The number of benzene rings is 2. The van der Waals surface area contributed by atoms with Gasteiger partial charge in [0, 0.05) is 25.5 Å². The third-order valence-corrected chi connectivity index (χ3v) is 8.34. The Kier molecular flexibility index (Phi) is 9.39. The van der Waals surface area contributed by atoms with Crippen molar-refractivity contribution in [2.45, 2.75) is 71.0 Å². The number of esters is 1. The number of aromatic nitrogens is 3. The SMILES string of the molecule is COC(=O)C1(c2nccnc2Oc2ccc(N(C(=O)OC(C)(C)C)c3nc4ccccc4s3)cc2)CCN(C(=O)OC(C)(C)C)CC1. The number of hydrogen-bond donors (Lipinski definition) is 0. The summed E-state index contributed by atoms with van der Waals surface area (Å²) < 4.78 is 23.7. The van der Waals surface area contributed by atoms with Crippen molar-refractivity contribution in [3.63, 3.8) is 0 Å². The van der Waals surface area contributed by atoms with Gasteiger partial charge in [-0.25, -0.2) is 24.5 Å². The van der Waals surface area contributed by atoms with Crippen LogP contribution in [0.15, 0.2) is 60.9 Å². The Balaban J connectivity index is 1.42. The molecule has 1 aliphatic heterocycles. The summed E-state index contributed by atoms with van der Waals surface area (Å²) in [5.74, 6) is 0.0348. The molecule has 248 valence electrons. The number of methoxy groups -OCH3 is 1. The number of carbonyl (C=O) groups is 3. The molecule has 12 nitrogen and oxygen atoms in total. The van der Waals surface area contributed by atoms with Crippen LogP contribution < -0.4 is 9.64 Å². The van der Waals surface area contributed by atoms with Crippen molar-refractivity contribution >= 4 is 50.5 Å². The molecule has 1 aliphatic rings. The first-order chi connectivity index (χ1) is 22.2. The quantitative estimate of drug-likeness (QED) is 0.152. The molecule has 0 unspecified atom stereocenters. The highest BCUT2D eigenvalue weighted by molar-refractivity contribution is 7.22. The van der Waals surface area contributed by atoms with Gasteiger partial charge >= 0.3 is 18.2 Å². The number of anilines is 2. The van der Waals surface area contributed by atoms with E-state index in [0.717, 1.165) is 10.2 Å². The predicted molar refractivity (Wildman–Crippen MR) is 177 cm³/mol. The minimum atomic E-state index is -1.20. The smallest absolute Gasteiger partial charge is 0.421 e. The summed E-state index contributed by atoms with van der Waals surface area (Å²) in [6.45, 7) is 11.3. The van der Waals surface area contributed by atoms with Crippen molar-refractivity contribution in [1.82, 2.24) is 19.9 Å². The average Bonchev–Trinajstić information content (AvgIpc) is 3.44. The highest BCUT2D eigenvalue weighted by atomic mass is 32.1. The van der Waals surface area contributed by atoms with Crippen LogP contribution >= 0.6 is 11.3 Å². The lowest BCUT2D eigenvalue weighted by molar-refractivity contribution is -0.150. The molecule has 47 heavy (non-hydrogen) atoms. The van der Waals surface area contributed by atoms with Crippen LogP contribution in [0.2, 0.25) is 0 Å². The predicted octanol–water partition coefficient (Wildman–Crippen LogP) is 7.39. The number of rotatable bonds is 6. The Morgan fingerprint density at radius 3 is 2.13 bits per heavy atom. The van der Waals surface area contributed by atoms with E-state index in [2.05, 4.69) is 15.0 Å². The molecule has 3 heterocycles. The summed E-state index contributed by atoms with van der Waals surface area (Å²) in [7, 11) is 1.32. The number of hydrogen-bond acceptors (Lipinski definition) is 11. The van der Waals surface area contributed by atoms with Gasteiger partial charge in [0.05, 0.1) is 23.0 Å². The van der Waals surface area contributed by atoms with Gasteiger partial charge in [-0.2, -0.15) is 0 Å². The van der Waals surface area contributed by atoms with Gasteiger partial charge in [-0.05, 0) is 90.8 Å². The van der Waals surface area contributed by atoms with Crippen LogP contribution in [-0.4, -0.2) is 69.4 Å². The van der Waals surface area contributed by atoms with E-state index in [9.17, 15) is 14.4 Å². The second kappa shape index (κ2) is 13.1. The van der Waals surface area contributed by atoms with Gasteiger partial charge in [-0.1, -0.05) is 23.5 Å². The van der Waals surface area contributed by atoms with E-state index in [1.807, 2.05) is 24.3 Å². The average molecular weight is 662 g/mol. The monoisotopic (exact) mass is 661 g/mol. The van der Waals surface area contributed by atoms with Crippen molar-refractivity contribution < 1.29 is 33.3 Å². The van der Waals surface area contributed by atoms with E-state index in [1.165, 1.54) is 35.7 Å². The standard InChI is InChI=1S/C34H39N5O7S/c1-32(2,3)45-30(41)38-20-16-34(17-21-38,28(40)43-7)26-27(36-19-18-35-26)44-23-14-12-22(13-15-23)39(31(42)46-33(4,5)6)29-37-24-10-8-9-11-25(24)47-29/h8-15,18-19H,16-17,20-21H2,1-7H3. The highest BCUT2D eigenvalue weighted by Gasteiger charge is 2.49. The molecule has 0 saturated carbocycles. The van der Waals surface area contributed by atoms with Gasteiger partial charge in [0.15, 0.2) is 0 Å². The van der Waals surface area contributed by atoms with E-state index in [4.69, 9.17) is 18.9 Å². The first-order valence-electron chi connectivity index (χ1n) is 15.2. The fraction of sp³-hybridized carbons (Fsp3) is 0.412. The van der Waals surface area contributed by atoms with Crippen molar-refractivity contribution in [1.29, 1.82) is 0 Å². The lowest BCUT2D eigenvalue weighted by Gasteiger charge is -2.39. The van der Waals surface area contributed by atoms with E-state index >= 15 is 0 Å². The van der Waals surface area contributed by atoms with Crippen molar-refractivity contribution in [2.24, 2.45) is 0 Å². The second-order valence-corrected chi connectivity index (χ2v) is 14.1. The Hall–Kier alpha value is -4.78. The number of nitrogens with zero attached hydrogens (tertiary/aromatic N) is 5. The van der Waals surface area contributed by atoms with Crippen molar-refractivity contribution in [3.05, 3.63) is 66.6 Å². The van der Waals surface area contributed by atoms with Crippen molar-refractivity contribution in [3.8, 4) is 11.6 Å². The molecule has 1 saturated heterocycles. The highest BCUT2D eigenvalue weighted by Crippen LogP contribution is 2.41. The number of carbonyl (C=O) groups excluding carboxylic acids is 3. The molecule has 5 rings (SSSR count). The summed E-state index contributed by atoms with van der Waals surface area (Å²) >= 11 is 1.38. The normalized spacial score (nSPS) is 14.7. The van der Waals surface area contributed by atoms with Crippen LogP contribution in [0.4, 0.5) is 20.4 Å². The van der Waals surface area contributed by atoms with Crippen LogP contribution in [0, 0.1) is 0 Å². The number of piperidine rings is 1. The van der Waals surface area contributed by atoms with Gasteiger partial charge in [0.2, 0.25) is 11.0 Å². The van der Waals surface area contributed by atoms with E-state index in [0.29, 0.717) is 22.3 Å². The molecular weight excluding hydrogens is 622 g/mol. The largest absolute Gasteiger partial charge is 0.468 e.